The highest BCUT2D eigenvalue weighted by molar-refractivity contribution is 6.02. The molecule has 8 nitrogen and oxygen atoms in total. The minimum absolute atomic E-state index is 0.238. The fraction of sp³-hybridized carbons (Fsp3) is 0.240. The Morgan fingerprint density at radius 2 is 1.79 bits per heavy atom. The highest BCUT2D eigenvalue weighted by atomic mass is 16.5. The zero-order valence-corrected chi connectivity index (χ0v) is 19.2. The molecular formula is C25H26N6O2. The molecule has 1 heterocycles. The summed E-state index contributed by atoms with van der Waals surface area (Å²) >= 11 is 0. The van der Waals surface area contributed by atoms with E-state index < -0.39 is 0 Å². The number of benzene rings is 3. The quantitative estimate of drug-likeness (QED) is 0.255. The van der Waals surface area contributed by atoms with E-state index in [0.717, 1.165) is 27.8 Å². The summed E-state index contributed by atoms with van der Waals surface area (Å²) < 4.78 is 8.46. The zero-order valence-electron chi connectivity index (χ0n) is 19.2. The van der Waals surface area contributed by atoms with Gasteiger partial charge in [0.05, 0.1) is 11.4 Å². The van der Waals surface area contributed by atoms with Crippen molar-refractivity contribution in [3.8, 4) is 5.69 Å². The van der Waals surface area contributed by atoms with Gasteiger partial charge in [0.1, 0.15) is 6.61 Å². The van der Waals surface area contributed by atoms with Crippen LogP contribution in [0, 0.1) is 6.92 Å². The van der Waals surface area contributed by atoms with Gasteiger partial charge < -0.3 is 4.74 Å². The highest BCUT2D eigenvalue weighted by Crippen LogP contribution is 2.19. The van der Waals surface area contributed by atoms with Gasteiger partial charge in [0.25, 0.3) is 0 Å². The van der Waals surface area contributed by atoms with Crippen LogP contribution in [0.2, 0.25) is 0 Å². The second-order valence-corrected chi connectivity index (χ2v) is 7.75. The average Bonchev–Trinajstić information content (AvgIpc) is 3.17. The highest BCUT2D eigenvalue weighted by Gasteiger charge is 2.14. The Morgan fingerprint density at radius 1 is 1.00 bits per heavy atom. The molecule has 0 unspecified atom stereocenters. The van der Waals surface area contributed by atoms with E-state index in [-0.39, 0.29) is 12.3 Å². The lowest BCUT2D eigenvalue weighted by atomic mass is 10.0. The monoisotopic (exact) mass is 442 g/mol. The Hall–Kier alpha value is -4.07. The van der Waals surface area contributed by atoms with Crippen molar-refractivity contribution in [3.05, 3.63) is 87.8 Å². The predicted molar refractivity (Wildman–Crippen MR) is 130 cm³/mol. The van der Waals surface area contributed by atoms with Crippen LogP contribution in [-0.2, 0) is 18.4 Å². The van der Waals surface area contributed by atoms with Gasteiger partial charge in [-0.25, -0.2) is 4.79 Å². The molecule has 0 radical (unpaired) electrons. The molecule has 168 valence electrons. The van der Waals surface area contributed by atoms with Gasteiger partial charge >= 0.3 is 5.69 Å². The maximum atomic E-state index is 12.3. The van der Waals surface area contributed by atoms with Crippen molar-refractivity contribution < 1.29 is 4.74 Å². The van der Waals surface area contributed by atoms with Gasteiger partial charge in [-0.15, -0.1) is 5.10 Å². The predicted octanol–water partition coefficient (Wildman–Crippen LogP) is 4.18. The molecule has 0 spiro atoms. The molecule has 4 rings (SSSR count). The van der Waals surface area contributed by atoms with Crippen LogP contribution >= 0.6 is 0 Å². The maximum Gasteiger partial charge on any atom is 0.368 e. The van der Waals surface area contributed by atoms with E-state index in [1.54, 1.807) is 7.05 Å². The summed E-state index contributed by atoms with van der Waals surface area (Å²) in [5, 5.41) is 18.9. The first-order valence-corrected chi connectivity index (χ1v) is 10.8. The van der Waals surface area contributed by atoms with Crippen molar-refractivity contribution in [3.63, 3.8) is 0 Å². The lowest BCUT2D eigenvalue weighted by molar-refractivity contribution is 0.282. The first kappa shape index (κ1) is 22.1. The minimum atomic E-state index is -0.318. The first-order valence-electron chi connectivity index (χ1n) is 10.8. The van der Waals surface area contributed by atoms with Crippen LogP contribution in [0.5, 0.6) is 0 Å². The van der Waals surface area contributed by atoms with Gasteiger partial charge in [-0.1, -0.05) is 55.5 Å². The Labute approximate surface area is 191 Å². The van der Waals surface area contributed by atoms with E-state index in [0.29, 0.717) is 18.0 Å². The molecular weight excluding hydrogens is 416 g/mol. The third kappa shape index (κ3) is 4.74. The second-order valence-electron chi connectivity index (χ2n) is 7.75. The molecule has 33 heavy (non-hydrogen) atoms. The van der Waals surface area contributed by atoms with Crippen molar-refractivity contribution in [1.82, 2.24) is 19.8 Å². The van der Waals surface area contributed by atoms with Gasteiger partial charge in [0.15, 0.2) is 0 Å². The molecule has 3 aromatic carbocycles. The molecule has 0 saturated carbocycles. The molecule has 0 aliphatic rings. The summed E-state index contributed by atoms with van der Waals surface area (Å²) in [5.74, 6) is 0.510. The molecule has 1 aromatic heterocycles. The van der Waals surface area contributed by atoms with Gasteiger partial charge in [-0.3, -0.25) is 0 Å². The van der Waals surface area contributed by atoms with Crippen molar-refractivity contribution in [1.29, 1.82) is 0 Å². The number of hydrogen-bond acceptors (Lipinski definition) is 6. The van der Waals surface area contributed by atoms with E-state index >= 15 is 0 Å². The topological polar surface area (TPSA) is 86.7 Å². The Balaban J connectivity index is 1.56. The van der Waals surface area contributed by atoms with E-state index in [1.165, 1.54) is 14.7 Å². The van der Waals surface area contributed by atoms with Crippen LogP contribution in [0.4, 0.5) is 0 Å². The Morgan fingerprint density at radius 3 is 2.52 bits per heavy atom. The summed E-state index contributed by atoms with van der Waals surface area (Å²) in [7, 11) is 1.57. The standard InChI is InChI=1S/C25H26N6O2/c1-5-24(27-26-18(3)20-14-13-19-10-6-7-11-21(19)15-20)33-16-22-17(2)9-8-12-23(22)31-25(32)30(4)28-29-31/h6-15H,5,16H2,1-4H3/b26-18-,27-24-. The molecule has 0 fully saturated rings. The smallest absolute Gasteiger partial charge is 0.368 e. The van der Waals surface area contributed by atoms with Crippen LogP contribution in [0.1, 0.15) is 37.0 Å². The molecule has 0 atom stereocenters. The van der Waals surface area contributed by atoms with E-state index in [9.17, 15) is 4.79 Å². The zero-order chi connectivity index (χ0) is 23.4. The number of fused-ring (bicyclic) bond motifs is 1. The SMILES string of the molecule is CC/C(=N/N=C(/C)c1ccc2ccccc2c1)OCc1c(C)cccc1-n1nnn(C)c1=O. The molecule has 0 bridgehead atoms. The number of aryl methyl sites for hydroxylation is 2. The largest absolute Gasteiger partial charge is 0.475 e. The number of ether oxygens (including phenoxy) is 1. The summed E-state index contributed by atoms with van der Waals surface area (Å²) in [6.45, 7) is 6.10. The Kier molecular flexibility index (Phi) is 6.44. The summed E-state index contributed by atoms with van der Waals surface area (Å²) in [6.07, 6.45) is 0.584. The van der Waals surface area contributed by atoms with E-state index in [1.807, 2.05) is 57.2 Å². The van der Waals surface area contributed by atoms with Gasteiger partial charge in [-0.2, -0.15) is 14.5 Å². The van der Waals surface area contributed by atoms with Gasteiger partial charge in [0.2, 0.25) is 5.90 Å². The molecule has 8 heteroatoms. The molecule has 0 amide bonds. The van der Waals surface area contributed by atoms with Crippen molar-refractivity contribution in [2.24, 2.45) is 17.3 Å². The van der Waals surface area contributed by atoms with E-state index in [2.05, 4.69) is 44.9 Å². The molecule has 0 N–H and O–H groups in total. The molecule has 4 aromatic rings. The summed E-state index contributed by atoms with van der Waals surface area (Å²) in [4.78, 5) is 12.3. The fourth-order valence-corrected chi connectivity index (χ4v) is 3.50. The van der Waals surface area contributed by atoms with Gasteiger partial charge in [-0.05, 0) is 58.3 Å². The lowest BCUT2D eigenvalue weighted by Crippen LogP contribution is -2.23. The van der Waals surface area contributed by atoms with Crippen molar-refractivity contribution in [2.45, 2.75) is 33.8 Å². The number of hydrogen-bond donors (Lipinski definition) is 0. The number of tetrazole rings is 1. The Bertz CT molecular complexity index is 1410. The third-order valence-electron chi connectivity index (χ3n) is 5.50. The van der Waals surface area contributed by atoms with Gasteiger partial charge in [0, 0.05) is 19.0 Å². The number of rotatable bonds is 6. The summed E-state index contributed by atoms with van der Waals surface area (Å²) in [5.41, 5.74) is 3.96. The molecule has 0 aliphatic carbocycles. The maximum absolute atomic E-state index is 12.3. The first-order chi connectivity index (χ1) is 16.0. The van der Waals surface area contributed by atoms with Crippen LogP contribution in [0.15, 0.2) is 75.7 Å². The molecule has 0 saturated heterocycles. The molecule has 0 aliphatic heterocycles. The van der Waals surface area contributed by atoms with Crippen LogP contribution in [0.25, 0.3) is 16.5 Å². The minimum Gasteiger partial charge on any atom is -0.475 e. The summed E-state index contributed by atoms with van der Waals surface area (Å²) in [6, 6.07) is 20.1. The van der Waals surface area contributed by atoms with Crippen LogP contribution < -0.4 is 5.69 Å². The third-order valence-corrected chi connectivity index (χ3v) is 5.50. The second kappa shape index (κ2) is 9.60. The number of aromatic nitrogens is 4. The van der Waals surface area contributed by atoms with E-state index in [4.69, 9.17) is 4.74 Å². The van der Waals surface area contributed by atoms with Crippen molar-refractivity contribution in [2.75, 3.05) is 0 Å². The number of nitrogens with zero attached hydrogens (tertiary/aromatic N) is 6. The normalized spacial score (nSPS) is 12.4. The van der Waals surface area contributed by atoms with Crippen LogP contribution in [-0.4, -0.2) is 31.4 Å². The van der Waals surface area contributed by atoms with Crippen LogP contribution in [0.3, 0.4) is 0 Å². The van der Waals surface area contributed by atoms with Crippen molar-refractivity contribution >= 4 is 22.4 Å². The average molecular weight is 443 g/mol. The lowest BCUT2D eigenvalue weighted by Gasteiger charge is -2.13. The fourth-order valence-electron chi connectivity index (χ4n) is 3.50.